The highest BCUT2D eigenvalue weighted by molar-refractivity contribution is 9.10. The van der Waals surface area contributed by atoms with Crippen molar-refractivity contribution in [1.29, 1.82) is 0 Å². The molecule has 2 heterocycles. The number of pyridine rings is 1. The molecule has 26 heavy (non-hydrogen) atoms. The topological polar surface area (TPSA) is 57.8 Å². The summed E-state index contributed by atoms with van der Waals surface area (Å²) in [4.78, 5) is 4.60. The molecule has 4 aromatic rings. The number of aromatic nitrogens is 2. The van der Waals surface area contributed by atoms with Crippen molar-refractivity contribution in [3.05, 3.63) is 70.0 Å². The molecule has 4 nitrogen and oxygen atoms in total. The second-order valence-corrected chi connectivity index (χ2v) is 6.92. The maximum Gasteiger partial charge on any atom is 0.150 e. The fraction of sp³-hybridized carbons (Fsp3) is 0. The summed E-state index contributed by atoms with van der Waals surface area (Å²) in [6.45, 7) is 0. The number of phenols is 2. The van der Waals surface area contributed by atoms with Crippen LogP contribution in [0.4, 0.5) is 4.39 Å². The molecular weight excluding hydrogens is 423 g/mol. The molecule has 130 valence electrons. The van der Waals surface area contributed by atoms with Crippen molar-refractivity contribution in [2.75, 3.05) is 0 Å². The van der Waals surface area contributed by atoms with Gasteiger partial charge < -0.3 is 10.2 Å². The van der Waals surface area contributed by atoms with Crippen LogP contribution >= 0.6 is 27.5 Å². The van der Waals surface area contributed by atoms with Gasteiger partial charge in [0.2, 0.25) is 0 Å². The molecule has 0 aliphatic rings. The Morgan fingerprint density at radius 1 is 1.04 bits per heavy atom. The summed E-state index contributed by atoms with van der Waals surface area (Å²) in [5, 5.41) is 20.9. The molecule has 0 saturated heterocycles. The maximum absolute atomic E-state index is 13.7. The van der Waals surface area contributed by atoms with Crippen molar-refractivity contribution in [1.82, 2.24) is 9.38 Å². The van der Waals surface area contributed by atoms with Crippen LogP contribution in [0.25, 0.3) is 28.2 Å². The summed E-state index contributed by atoms with van der Waals surface area (Å²) in [6, 6.07) is 12.8. The molecule has 0 aliphatic carbocycles. The van der Waals surface area contributed by atoms with Crippen molar-refractivity contribution < 1.29 is 14.6 Å². The Kier molecular flexibility index (Phi) is 4.09. The molecule has 0 fully saturated rings. The van der Waals surface area contributed by atoms with Gasteiger partial charge in [-0.3, -0.25) is 4.40 Å². The summed E-state index contributed by atoms with van der Waals surface area (Å²) >= 11 is 9.41. The Hall–Kier alpha value is -2.57. The van der Waals surface area contributed by atoms with Crippen LogP contribution in [0.5, 0.6) is 11.5 Å². The molecule has 0 aliphatic heterocycles. The molecule has 0 unspecified atom stereocenters. The number of fused-ring (bicyclic) bond motifs is 1. The number of rotatable bonds is 2. The molecular formula is C19H11BrClFN2O2. The predicted molar refractivity (Wildman–Crippen MR) is 102 cm³/mol. The van der Waals surface area contributed by atoms with Gasteiger partial charge in [-0.2, -0.15) is 0 Å². The monoisotopic (exact) mass is 432 g/mol. The molecule has 0 bridgehead atoms. The first-order valence-corrected chi connectivity index (χ1v) is 8.78. The van der Waals surface area contributed by atoms with E-state index in [0.717, 1.165) is 6.07 Å². The number of phenolic OH excluding ortho intramolecular Hbond substituents is 2. The number of nitrogens with zero attached hydrogens (tertiary/aromatic N) is 2. The largest absolute Gasteiger partial charge is 0.507 e. The molecule has 2 N–H and O–H groups in total. The zero-order valence-electron chi connectivity index (χ0n) is 13.1. The molecule has 4 rings (SSSR count). The van der Waals surface area contributed by atoms with Crippen LogP contribution < -0.4 is 0 Å². The first-order chi connectivity index (χ1) is 12.5. The lowest BCUT2D eigenvalue weighted by atomic mass is 10.1. The second kappa shape index (κ2) is 6.30. The van der Waals surface area contributed by atoms with Crippen LogP contribution in [-0.2, 0) is 0 Å². The summed E-state index contributed by atoms with van der Waals surface area (Å²) < 4.78 is 15.7. The summed E-state index contributed by atoms with van der Waals surface area (Å²) in [7, 11) is 0. The standard InChI is InChI=1S/C19H11BrClFN2O2/c20-11-8-10(16(26)9-13(11)22)18-14-5-1-2-7-24(14)19(23-18)17-12(21)4-3-6-15(17)25/h1-9,25-26H. The first-order valence-electron chi connectivity index (χ1n) is 7.60. The van der Waals surface area contributed by atoms with E-state index >= 15 is 0 Å². The van der Waals surface area contributed by atoms with E-state index in [1.165, 1.54) is 12.1 Å². The minimum absolute atomic E-state index is 0.00990. The van der Waals surface area contributed by atoms with Gasteiger partial charge in [0.25, 0.3) is 0 Å². The number of aromatic hydroxyl groups is 2. The van der Waals surface area contributed by atoms with Gasteiger partial charge in [0, 0.05) is 17.8 Å². The summed E-state index contributed by atoms with van der Waals surface area (Å²) in [5.41, 5.74) is 1.86. The fourth-order valence-electron chi connectivity index (χ4n) is 2.87. The molecule has 0 spiro atoms. The maximum atomic E-state index is 13.7. The van der Waals surface area contributed by atoms with Crippen LogP contribution in [0.1, 0.15) is 0 Å². The zero-order chi connectivity index (χ0) is 18.4. The third-order valence-corrected chi connectivity index (χ3v) is 4.98. The normalized spacial score (nSPS) is 11.2. The minimum Gasteiger partial charge on any atom is -0.507 e. The average Bonchev–Trinajstić information content (AvgIpc) is 2.97. The number of benzene rings is 2. The highest BCUT2D eigenvalue weighted by atomic mass is 79.9. The van der Waals surface area contributed by atoms with Crippen molar-refractivity contribution in [2.45, 2.75) is 0 Å². The lowest BCUT2D eigenvalue weighted by Gasteiger charge is -2.05. The molecule has 0 atom stereocenters. The highest BCUT2D eigenvalue weighted by Crippen LogP contribution is 2.40. The molecule has 7 heteroatoms. The van der Waals surface area contributed by atoms with E-state index < -0.39 is 5.82 Å². The van der Waals surface area contributed by atoms with E-state index in [0.29, 0.717) is 33.2 Å². The van der Waals surface area contributed by atoms with E-state index in [2.05, 4.69) is 20.9 Å². The quantitative estimate of drug-likeness (QED) is 0.430. The molecule has 0 saturated carbocycles. The van der Waals surface area contributed by atoms with E-state index in [9.17, 15) is 14.6 Å². The van der Waals surface area contributed by atoms with Crippen LogP contribution in [0.2, 0.25) is 5.02 Å². The molecule has 2 aromatic carbocycles. The molecule has 2 aromatic heterocycles. The number of hydrogen-bond acceptors (Lipinski definition) is 3. The van der Waals surface area contributed by atoms with Gasteiger partial charge in [0.1, 0.15) is 23.0 Å². The van der Waals surface area contributed by atoms with Gasteiger partial charge in [0.15, 0.2) is 5.82 Å². The molecule has 0 radical (unpaired) electrons. The summed E-state index contributed by atoms with van der Waals surface area (Å²) in [5.74, 6) is -0.397. The average molecular weight is 434 g/mol. The Balaban J connectivity index is 2.07. The molecule has 0 amide bonds. The third kappa shape index (κ3) is 2.62. The Bertz CT molecular complexity index is 1140. The van der Waals surface area contributed by atoms with Crippen LogP contribution in [0.3, 0.4) is 0 Å². The lowest BCUT2D eigenvalue weighted by Crippen LogP contribution is -1.89. The van der Waals surface area contributed by atoms with E-state index in [-0.39, 0.29) is 16.0 Å². The Labute approximate surface area is 161 Å². The van der Waals surface area contributed by atoms with Gasteiger partial charge in [-0.1, -0.05) is 23.7 Å². The number of imidazole rings is 1. The van der Waals surface area contributed by atoms with Crippen LogP contribution in [0, 0.1) is 5.82 Å². The van der Waals surface area contributed by atoms with E-state index in [1.807, 2.05) is 18.2 Å². The third-order valence-electron chi connectivity index (χ3n) is 4.06. The Morgan fingerprint density at radius 2 is 1.85 bits per heavy atom. The SMILES string of the molecule is Oc1cc(F)c(Br)cc1-c1nc(-c2c(O)cccc2Cl)n2ccccc12. The van der Waals surface area contributed by atoms with E-state index in [4.69, 9.17) is 11.6 Å². The second-order valence-electron chi connectivity index (χ2n) is 5.66. The van der Waals surface area contributed by atoms with Gasteiger partial charge >= 0.3 is 0 Å². The van der Waals surface area contributed by atoms with Gasteiger partial charge in [-0.15, -0.1) is 0 Å². The summed E-state index contributed by atoms with van der Waals surface area (Å²) in [6.07, 6.45) is 1.78. The van der Waals surface area contributed by atoms with Gasteiger partial charge in [-0.05, 0) is 46.3 Å². The predicted octanol–water partition coefficient (Wildman–Crippen LogP) is 5.63. The van der Waals surface area contributed by atoms with Gasteiger partial charge in [0.05, 0.1) is 20.6 Å². The zero-order valence-corrected chi connectivity index (χ0v) is 15.5. The van der Waals surface area contributed by atoms with Crippen molar-refractivity contribution in [3.8, 4) is 34.1 Å². The highest BCUT2D eigenvalue weighted by Gasteiger charge is 2.21. The number of halogens is 3. The van der Waals surface area contributed by atoms with E-state index in [1.54, 1.807) is 22.7 Å². The number of hydrogen-bond donors (Lipinski definition) is 2. The lowest BCUT2D eigenvalue weighted by molar-refractivity contribution is 0.470. The van der Waals surface area contributed by atoms with Crippen molar-refractivity contribution in [3.63, 3.8) is 0 Å². The fourth-order valence-corrected chi connectivity index (χ4v) is 3.47. The van der Waals surface area contributed by atoms with Crippen molar-refractivity contribution >= 4 is 33.0 Å². The van der Waals surface area contributed by atoms with Crippen LogP contribution in [-0.4, -0.2) is 19.6 Å². The van der Waals surface area contributed by atoms with Crippen LogP contribution in [0.15, 0.2) is 59.2 Å². The van der Waals surface area contributed by atoms with Crippen molar-refractivity contribution in [2.24, 2.45) is 0 Å². The minimum atomic E-state index is -0.571. The first kappa shape index (κ1) is 16.9. The van der Waals surface area contributed by atoms with Gasteiger partial charge in [-0.25, -0.2) is 9.37 Å². The Morgan fingerprint density at radius 3 is 2.62 bits per heavy atom. The smallest absolute Gasteiger partial charge is 0.150 e.